The molecule has 2 N–H and O–H groups in total. The average Bonchev–Trinajstić information content (AvgIpc) is 3.23. The number of carbonyl (C=O) groups is 1. The molecule has 11 nitrogen and oxygen atoms in total. The number of amides is 1. The first-order valence-corrected chi connectivity index (χ1v) is 11.5. The predicted molar refractivity (Wildman–Crippen MR) is 122 cm³/mol. The Morgan fingerprint density at radius 3 is 2.55 bits per heavy atom. The maximum atomic E-state index is 12.6. The van der Waals surface area contributed by atoms with E-state index < -0.39 is 20.9 Å². The fraction of sp³-hybridized carbons (Fsp3) is 0.0500. The summed E-state index contributed by atoms with van der Waals surface area (Å²) in [6.45, 7) is 0. The standard InChI is InChI=1S/C20H15N5O6S2/c1-31-19-10-18(21-11-22-19)24-33(29,30)15-5-2-13(3-6-15)23-20(26)17-9-12-8-14(25(27)28)4-7-16(12)32-17/h2-11H,1H3,(H,23,26)(H,21,22,24). The largest absolute Gasteiger partial charge is 0.481 e. The van der Waals surface area contributed by atoms with Crippen LogP contribution in [-0.2, 0) is 10.0 Å². The number of aromatic nitrogens is 2. The number of hydrogen-bond donors (Lipinski definition) is 2. The van der Waals surface area contributed by atoms with Gasteiger partial charge >= 0.3 is 0 Å². The van der Waals surface area contributed by atoms with Crippen molar-refractivity contribution in [1.29, 1.82) is 0 Å². The van der Waals surface area contributed by atoms with E-state index >= 15 is 0 Å². The van der Waals surface area contributed by atoms with Gasteiger partial charge in [-0.2, -0.15) is 0 Å². The smallest absolute Gasteiger partial charge is 0.270 e. The number of ether oxygens (including phenoxy) is 1. The highest BCUT2D eigenvalue weighted by atomic mass is 32.2. The molecule has 0 fully saturated rings. The molecule has 0 spiro atoms. The Morgan fingerprint density at radius 1 is 1.09 bits per heavy atom. The minimum Gasteiger partial charge on any atom is -0.481 e. The third kappa shape index (κ3) is 4.88. The lowest BCUT2D eigenvalue weighted by atomic mass is 10.2. The number of sulfonamides is 1. The van der Waals surface area contributed by atoms with Crippen LogP contribution in [0.15, 0.2) is 65.8 Å². The average molecular weight is 486 g/mol. The number of methoxy groups -OCH3 is 1. The van der Waals surface area contributed by atoms with E-state index in [0.29, 0.717) is 16.0 Å². The van der Waals surface area contributed by atoms with Gasteiger partial charge in [0.1, 0.15) is 12.1 Å². The number of anilines is 2. The van der Waals surface area contributed by atoms with E-state index in [1.165, 1.54) is 67.2 Å². The molecule has 0 bridgehead atoms. The van der Waals surface area contributed by atoms with E-state index in [-0.39, 0.29) is 22.3 Å². The van der Waals surface area contributed by atoms with Crippen LogP contribution in [0.2, 0.25) is 0 Å². The number of nitro benzene ring substituents is 1. The highest BCUT2D eigenvalue weighted by Crippen LogP contribution is 2.29. The van der Waals surface area contributed by atoms with E-state index in [1.807, 2.05) is 0 Å². The molecule has 0 saturated heterocycles. The second-order valence-corrected chi connectivity index (χ2v) is 9.39. The van der Waals surface area contributed by atoms with Gasteiger partial charge in [-0.3, -0.25) is 19.6 Å². The lowest BCUT2D eigenvalue weighted by Gasteiger charge is -2.09. The monoisotopic (exact) mass is 485 g/mol. The Morgan fingerprint density at radius 2 is 1.85 bits per heavy atom. The number of thiophene rings is 1. The fourth-order valence-electron chi connectivity index (χ4n) is 2.87. The van der Waals surface area contributed by atoms with Crippen molar-refractivity contribution in [2.24, 2.45) is 0 Å². The summed E-state index contributed by atoms with van der Waals surface area (Å²) in [5.74, 6) is -0.165. The van der Waals surface area contributed by atoms with E-state index in [2.05, 4.69) is 20.0 Å². The van der Waals surface area contributed by atoms with Crippen molar-refractivity contribution >= 4 is 54.5 Å². The topological polar surface area (TPSA) is 153 Å². The van der Waals surface area contributed by atoms with Crippen LogP contribution < -0.4 is 14.8 Å². The van der Waals surface area contributed by atoms with E-state index in [1.54, 1.807) is 12.1 Å². The summed E-state index contributed by atoms with van der Waals surface area (Å²) in [6.07, 6.45) is 1.17. The van der Waals surface area contributed by atoms with Crippen molar-refractivity contribution in [3.8, 4) is 5.88 Å². The summed E-state index contributed by atoms with van der Waals surface area (Å²) in [6, 6.07) is 12.9. The lowest BCUT2D eigenvalue weighted by Crippen LogP contribution is -2.14. The predicted octanol–water partition coefficient (Wildman–Crippen LogP) is 3.66. The SMILES string of the molecule is COc1cc(NS(=O)(=O)c2ccc(NC(=O)c3cc4cc([N+](=O)[O-])ccc4s3)cc2)ncn1. The molecule has 4 rings (SSSR count). The van der Waals surface area contributed by atoms with Gasteiger partial charge in [0, 0.05) is 34.0 Å². The molecule has 0 radical (unpaired) electrons. The molecule has 2 aromatic heterocycles. The zero-order chi connectivity index (χ0) is 23.6. The van der Waals surface area contributed by atoms with Crippen LogP contribution in [0.3, 0.4) is 0 Å². The number of nitrogens with zero attached hydrogens (tertiary/aromatic N) is 3. The Labute approximate surface area is 191 Å². The van der Waals surface area contributed by atoms with Crippen LogP contribution in [-0.4, -0.2) is 36.3 Å². The lowest BCUT2D eigenvalue weighted by molar-refractivity contribution is -0.384. The number of nitrogens with one attached hydrogen (secondary N) is 2. The molecule has 33 heavy (non-hydrogen) atoms. The van der Waals surface area contributed by atoms with Crippen molar-refractivity contribution in [2.75, 3.05) is 17.1 Å². The highest BCUT2D eigenvalue weighted by Gasteiger charge is 2.17. The normalized spacial score (nSPS) is 11.2. The summed E-state index contributed by atoms with van der Waals surface area (Å²) in [4.78, 5) is 31.0. The zero-order valence-corrected chi connectivity index (χ0v) is 18.5. The molecule has 0 aliphatic rings. The van der Waals surface area contributed by atoms with Crippen molar-refractivity contribution in [3.05, 3.63) is 75.9 Å². The van der Waals surface area contributed by atoms with Gasteiger partial charge in [0.25, 0.3) is 21.6 Å². The fourth-order valence-corrected chi connectivity index (χ4v) is 4.81. The van der Waals surface area contributed by atoms with Gasteiger partial charge in [-0.15, -0.1) is 11.3 Å². The first-order valence-electron chi connectivity index (χ1n) is 9.23. The highest BCUT2D eigenvalue weighted by molar-refractivity contribution is 7.92. The van der Waals surface area contributed by atoms with Crippen LogP contribution >= 0.6 is 11.3 Å². The van der Waals surface area contributed by atoms with Gasteiger partial charge in [0.05, 0.1) is 21.8 Å². The number of carbonyl (C=O) groups excluding carboxylic acids is 1. The van der Waals surface area contributed by atoms with Gasteiger partial charge in [0.2, 0.25) is 5.88 Å². The second-order valence-electron chi connectivity index (χ2n) is 6.62. The Kier molecular flexibility index (Phi) is 5.89. The van der Waals surface area contributed by atoms with Gasteiger partial charge in [-0.05, 0) is 36.4 Å². The Balaban J connectivity index is 1.48. The quantitative estimate of drug-likeness (QED) is 0.297. The summed E-state index contributed by atoms with van der Waals surface area (Å²) >= 11 is 1.19. The minimum atomic E-state index is -3.93. The molecule has 2 aromatic carbocycles. The number of hydrogen-bond acceptors (Lipinski definition) is 9. The van der Waals surface area contributed by atoms with Crippen LogP contribution in [0.1, 0.15) is 9.67 Å². The third-order valence-electron chi connectivity index (χ3n) is 4.45. The molecule has 4 aromatic rings. The number of benzene rings is 2. The van der Waals surface area contributed by atoms with E-state index in [4.69, 9.17) is 4.74 Å². The molecule has 0 aliphatic carbocycles. The number of fused-ring (bicyclic) bond motifs is 1. The third-order valence-corrected chi connectivity index (χ3v) is 6.93. The Hall–Kier alpha value is -4.10. The molecular formula is C20H15N5O6S2. The molecule has 0 aliphatic heterocycles. The molecule has 0 atom stereocenters. The maximum absolute atomic E-state index is 12.6. The van der Waals surface area contributed by atoms with Crippen molar-refractivity contribution in [1.82, 2.24) is 9.97 Å². The van der Waals surface area contributed by atoms with Gasteiger partial charge in [-0.1, -0.05) is 0 Å². The Bertz CT molecular complexity index is 1470. The summed E-state index contributed by atoms with van der Waals surface area (Å²) in [5, 5.41) is 14.2. The van der Waals surface area contributed by atoms with Gasteiger partial charge < -0.3 is 10.1 Å². The molecule has 0 unspecified atom stereocenters. The first-order chi connectivity index (χ1) is 15.7. The van der Waals surface area contributed by atoms with Gasteiger partial charge in [0.15, 0.2) is 0 Å². The minimum absolute atomic E-state index is 0.0350. The first kappa shape index (κ1) is 22.1. The summed E-state index contributed by atoms with van der Waals surface area (Å²) in [7, 11) is -2.53. The second kappa shape index (κ2) is 8.80. The zero-order valence-electron chi connectivity index (χ0n) is 16.9. The van der Waals surface area contributed by atoms with Crippen molar-refractivity contribution < 1.29 is 22.9 Å². The van der Waals surface area contributed by atoms with E-state index in [9.17, 15) is 23.3 Å². The molecule has 2 heterocycles. The molecule has 168 valence electrons. The summed E-state index contributed by atoms with van der Waals surface area (Å²) < 4.78 is 33.2. The van der Waals surface area contributed by atoms with Crippen LogP contribution in [0.25, 0.3) is 10.1 Å². The molecule has 0 saturated carbocycles. The maximum Gasteiger partial charge on any atom is 0.270 e. The van der Waals surface area contributed by atoms with Crippen LogP contribution in [0, 0.1) is 10.1 Å². The number of rotatable bonds is 7. The van der Waals surface area contributed by atoms with E-state index in [0.717, 1.165) is 4.70 Å². The van der Waals surface area contributed by atoms with Crippen molar-refractivity contribution in [2.45, 2.75) is 4.90 Å². The molecule has 1 amide bonds. The number of non-ortho nitro benzene ring substituents is 1. The van der Waals surface area contributed by atoms with Crippen LogP contribution in [0.4, 0.5) is 17.2 Å². The van der Waals surface area contributed by atoms with Crippen LogP contribution in [0.5, 0.6) is 5.88 Å². The number of nitro groups is 1. The van der Waals surface area contributed by atoms with Crippen molar-refractivity contribution in [3.63, 3.8) is 0 Å². The molecular weight excluding hydrogens is 470 g/mol. The van der Waals surface area contributed by atoms with Gasteiger partial charge in [-0.25, -0.2) is 18.4 Å². The summed E-state index contributed by atoms with van der Waals surface area (Å²) in [5.41, 5.74) is 0.323. The molecule has 13 heteroatoms.